The Morgan fingerprint density at radius 3 is 2.30 bits per heavy atom. The van der Waals surface area contributed by atoms with Crippen molar-refractivity contribution in [1.29, 1.82) is 0 Å². The number of ether oxygens (including phenoxy) is 1. The van der Waals surface area contributed by atoms with Crippen LogP contribution in [0.25, 0.3) is 0 Å². The minimum Gasteiger partial charge on any atom is -0.494 e. The standard InChI is InChI=1S/C32H52O/c1-3-5-7-14-26-33-31-19-17-29(18-20-31)30(27-28-15-10-8-11-16-28)21-25-32(22-6-4-2)23-12-9-13-24-32/h15,17-20,30H,3-14,16,21-27H2,1-2H3. The minimum absolute atomic E-state index is 0.634. The van der Waals surface area contributed by atoms with Crippen LogP contribution in [-0.4, -0.2) is 6.61 Å². The molecule has 0 aromatic heterocycles. The van der Waals surface area contributed by atoms with Crippen LogP contribution >= 0.6 is 0 Å². The van der Waals surface area contributed by atoms with Crippen molar-refractivity contribution in [2.75, 3.05) is 6.61 Å². The summed E-state index contributed by atoms with van der Waals surface area (Å²) in [5, 5.41) is 0. The van der Waals surface area contributed by atoms with E-state index in [9.17, 15) is 0 Å². The molecule has 0 heterocycles. The fourth-order valence-electron chi connectivity index (χ4n) is 6.31. The van der Waals surface area contributed by atoms with Crippen LogP contribution in [0.3, 0.4) is 0 Å². The van der Waals surface area contributed by atoms with Gasteiger partial charge in [0.25, 0.3) is 0 Å². The van der Waals surface area contributed by atoms with Crippen molar-refractivity contribution in [2.24, 2.45) is 5.41 Å². The zero-order valence-corrected chi connectivity index (χ0v) is 22.0. The summed E-state index contributed by atoms with van der Waals surface area (Å²) in [6.07, 6.45) is 28.7. The second kappa shape index (κ2) is 14.9. The van der Waals surface area contributed by atoms with Crippen LogP contribution in [0, 0.1) is 5.41 Å². The van der Waals surface area contributed by atoms with E-state index in [-0.39, 0.29) is 0 Å². The third-order valence-electron chi connectivity index (χ3n) is 8.51. The molecular weight excluding hydrogens is 400 g/mol. The summed E-state index contributed by atoms with van der Waals surface area (Å²) in [7, 11) is 0. The minimum atomic E-state index is 0.634. The van der Waals surface area contributed by atoms with Crippen LogP contribution in [0.15, 0.2) is 35.9 Å². The Morgan fingerprint density at radius 1 is 0.818 bits per heavy atom. The maximum absolute atomic E-state index is 6.04. The van der Waals surface area contributed by atoms with Gasteiger partial charge in [-0.3, -0.25) is 0 Å². The number of benzene rings is 1. The number of allylic oxidation sites excluding steroid dienone is 2. The number of hydrogen-bond donors (Lipinski definition) is 0. The molecule has 1 nitrogen and oxygen atoms in total. The monoisotopic (exact) mass is 452 g/mol. The molecule has 2 aliphatic rings. The quantitative estimate of drug-likeness (QED) is 0.190. The van der Waals surface area contributed by atoms with E-state index in [2.05, 4.69) is 44.2 Å². The third-order valence-corrected chi connectivity index (χ3v) is 8.51. The highest BCUT2D eigenvalue weighted by Gasteiger charge is 2.32. The molecule has 1 atom stereocenters. The normalized spacial score (nSPS) is 19.2. The molecule has 0 aliphatic heterocycles. The molecular formula is C32H52O. The van der Waals surface area contributed by atoms with Gasteiger partial charge in [0, 0.05) is 0 Å². The molecule has 1 heteroatoms. The molecule has 1 aromatic carbocycles. The van der Waals surface area contributed by atoms with Crippen molar-refractivity contribution in [3.8, 4) is 5.75 Å². The SMILES string of the molecule is CCCCCCOc1ccc(C(CCC2(CCCC)CCCCC2)CC2=CCCCC2)cc1. The van der Waals surface area contributed by atoms with E-state index in [0.29, 0.717) is 11.3 Å². The van der Waals surface area contributed by atoms with Crippen LogP contribution in [0.1, 0.15) is 147 Å². The average Bonchev–Trinajstić information content (AvgIpc) is 2.87. The van der Waals surface area contributed by atoms with E-state index < -0.39 is 0 Å². The lowest BCUT2D eigenvalue weighted by Crippen LogP contribution is -2.25. The van der Waals surface area contributed by atoms with Crippen molar-refractivity contribution in [1.82, 2.24) is 0 Å². The second-order valence-electron chi connectivity index (χ2n) is 11.2. The lowest BCUT2D eigenvalue weighted by atomic mass is 9.67. The van der Waals surface area contributed by atoms with Crippen molar-refractivity contribution in [3.05, 3.63) is 41.5 Å². The first-order valence-corrected chi connectivity index (χ1v) is 14.7. The second-order valence-corrected chi connectivity index (χ2v) is 11.2. The molecule has 2 aliphatic carbocycles. The van der Waals surface area contributed by atoms with Crippen molar-refractivity contribution < 1.29 is 4.74 Å². The molecule has 0 saturated heterocycles. The molecule has 186 valence electrons. The van der Waals surface area contributed by atoms with Gasteiger partial charge in [0.2, 0.25) is 0 Å². The summed E-state index contributed by atoms with van der Waals surface area (Å²) >= 11 is 0. The van der Waals surface area contributed by atoms with Crippen LogP contribution in [-0.2, 0) is 0 Å². The Kier molecular flexibility index (Phi) is 11.9. The summed E-state index contributed by atoms with van der Waals surface area (Å²) in [5.41, 5.74) is 3.91. The largest absolute Gasteiger partial charge is 0.494 e. The van der Waals surface area contributed by atoms with Crippen LogP contribution in [0.5, 0.6) is 5.75 Å². The maximum Gasteiger partial charge on any atom is 0.119 e. The van der Waals surface area contributed by atoms with E-state index in [1.807, 2.05) is 0 Å². The highest BCUT2D eigenvalue weighted by molar-refractivity contribution is 5.30. The summed E-state index contributed by atoms with van der Waals surface area (Å²) in [5.74, 6) is 1.73. The van der Waals surface area contributed by atoms with Crippen molar-refractivity contribution in [2.45, 2.75) is 142 Å². The van der Waals surface area contributed by atoms with Crippen LogP contribution in [0.2, 0.25) is 0 Å². The molecule has 0 radical (unpaired) electrons. The van der Waals surface area contributed by atoms with E-state index in [1.165, 1.54) is 122 Å². The van der Waals surface area contributed by atoms with Crippen molar-refractivity contribution in [3.63, 3.8) is 0 Å². The topological polar surface area (TPSA) is 9.23 Å². The first-order valence-electron chi connectivity index (χ1n) is 14.7. The van der Waals surface area contributed by atoms with Gasteiger partial charge in [-0.15, -0.1) is 0 Å². The Hall–Kier alpha value is -1.24. The fourth-order valence-corrected chi connectivity index (χ4v) is 6.31. The molecule has 0 N–H and O–H groups in total. The van der Waals surface area contributed by atoms with Gasteiger partial charge >= 0.3 is 0 Å². The van der Waals surface area contributed by atoms with E-state index in [0.717, 1.165) is 12.4 Å². The molecule has 33 heavy (non-hydrogen) atoms. The number of rotatable bonds is 15. The Balaban J connectivity index is 1.63. The zero-order chi connectivity index (χ0) is 23.2. The first kappa shape index (κ1) is 26.4. The van der Waals surface area contributed by atoms with Gasteiger partial charge in [-0.05, 0) is 99.7 Å². The molecule has 1 saturated carbocycles. The molecule has 0 amide bonds. The van der Waals surface area contributed by atoms with Crippen LogP contribution in [0.4, 0.5) is 0 Å². The summed E-state index contributed by atoms with van der Waals surface area (Å²) in [6.45, 7) is 5.48. The number of hydrogen-bond acceptors (Lipinski definition) is 1. The summed E-state index contributed by atoms with van der Waals surface area (Å²) in [6, 6.07) is 9.25. The van der Waals surface area contributed by atoms with Crippen LogP contribution < -0.4 is 4.74 Å². The average molecular weight is 453 g/mol. The molecule has 0 bridgehead atoms. The molecule has 0 spiro atoms. The predicted octanol–water partition coefficient (Wildman–Crippen LogP) is 10.5. The van der Waals surface area contributed by atoms with Crippen molar-refractivity contribution >= 4 is 0 Å². The lowest BCUT2D eigenvalue weighted by molar-refractivity contribution is 0.145. The van der Waals surface area contributed by atoms with Gasteiger partial charge in [0.15, 0.2) is 0 Å². The molecule has 3 rings (SSSR count). The lowest BCUT2D eigenvalue weighted by Gasteiger charge is -2.39. The van der Waals surface area contributed by atoms with Gasteiger partial charge in [-0.25, -0.2) is 0 Å². The van der Waals surface area contributed by atoms with Gasteiger partial charge in [0.1, 0.15) is 5.75 Å². The Labute approximate surface area is 205 Å². The molecule has 1 fully saturated rings. The summed E-state index contributed by atoms with van der Waals surface area (Å²) in [4.78, 5) is 0. The van der Waals surface area contributed by atoms with Gasteiger partial charge in [-0.2, -0.15) is 0 Å². The van der Waals surface area contributed by atoms with Gasteiger partial charge < -0.3 is 4.74 Å². The Bertz CT molecular complexity index is 664. The predicted molar refractivity (Wildman–Crippen MR) is 144 cm³/mol. The number of unbranched alkanes of at least 4 members (excludes halogenated alkanes) is 4. The Morgan fingerprint density at radius 2 is 1.61 bits per heavy atom. The smallest absolute Gasteiger partial charge is 0.119 e. The van der Waals surface area contributed by atoms with E-state index in [1.54, 1.807) is 11.1 Å². The zero-order valence-electron chi connectivity index (χ0n) is 22.0. The highest BCUT2D eigenvalue weighted by Crippen LogP contribution is 2.46. The fraction of sp³-hybridized carbons (Fsp3) is 0.750. The van der Waals surface area contributed by atoms with E-state index in [4.69, 9.17) is 4.74 Å². The first-order chi connectivity index (χ1) is 16.2. The highest BCUT2D eigenvalue weighted by atomic mass is 16.5. The molecule has 1 unspecified atom stereocenters. The third kappa shape index (κ3) is 9.14. The summed E-state index contributed by atoms with van der Waals surface area (Å²) < 4.78 is 6.04. The molecule has 1 aromatic rings. The van der Waals surface area contributed by atoms with E-state index >= 15 is 0 Å². The maximum atomic E-state index is 6.04. The van der Waals surface area contributed by atoms with Gasteiger partial charge in [0.05, 0.1) is 6.61 Å². The van der Waals surface area contributed by atoms with Gasteiger partial charge in [-0.1, -0.05) is 89.0 Å².